The van der Waals surface area contributed by atoms with Gasteiger partial charge in [0.2, 0.25) is 6.41 Å². The lowest BCUT2D eigenvalue weighted by atomic mass is 10.1. The maximum absolute atomic E-state index is 10.2. The summed E-state index contributed by atoms with van der Waals surface area (Å²) in [4.78, 5) is 14.3. The van der Waals surface area contributed by atoms with Crippen LogP contribution in [0, 0.1) is 11.3 Å². The van der Waals surface area contributed by atoms with E-state index in [4.69, 9.17) is 5.26 Å². The van der Waals surface area contributed by atoms with Crippen LogP contribution in [0.25, 0.3) is 0 Å². The lowest BCUT2D eigenvalue weighted by Gasteiger charge is -2.14. The zero-order valence-corrected chi connectivity index (χ0v) is 7.45. The molecule has 0 fully saturated rings. The van der Waals surface area contributed by atoms with Gasteiger partial charge in [-0.25, -0.2) is 4.99 Å². The van der Waals surface area contributed by atoms with Gasteiger partial charge in [0.25, 0.3) is 0 Å². The molecular weight excluding hydrogens is 166 g/mol. The summed E-state index contributed by atoms with van der Waals surface area (Å²) in [6.07, 6.45) is 4.12. The fourth-order valence-corrected chi connectivity index (χ4v) is 1.16. The quantitative estimate of drug-likeness (QED) is 0.647. The molecule has 0 unspecified atom stereocenters. The Bertz CT molecular complexity index is 298. The van der Waals surface area contributed by atoms with Crippen LogP contribution in [0.5, 0.6) is 0 Å². The molecule has 1 atom stereocenters. The van der Waals surface area contributed by atoms with Crippen LogP contribution in [-0.4, -0.2) is 18.2 Å². The number of amides is 1. The number of hydrogen-bond donors (Lipinski definition) is 1. The lowest BCUT2D eigenvalue weighted by molar-refractivity contribution is -0.109. The van der Waals surface area contributed by atoms with E-state index in [-0.39, 0.29) is 6.04 Å². The Labute approximate surface area is 77.0 Å². The van der Waals surface area contributed by atoms with Crippen molar-refractivity contribution in [3.05, 3.63) is 11.8 Å². The molecule has 0 spiro atoms. The summed E-state index contributed by atoms with van der Waals surface area (Å²) in [6.45, 7) is 1.84. The first kappa shape index (κ1) is 9.46. The minimum absolute atomic E-state index is 0.110. The van der Waals surface area contributed by atoms with Crippen LogP contribution in [0.15, 0.2) is 16.8 Å². The molecule has 1 aliphatic rings. The van der Waals surface area contributed by atoms with E-state index in [1.54, 1.807) is 0 Å². The second kappa shape index (κ2) is 4.41. The Morgan fingerprint density at radius 3 is 3.23 bits per heavy atom. The summed E-state index contributed by atoms with van der Waals surface area (Å²) >= 11 is 0. The highest BCUT2D eigenvalue weighted by atomic mass is 16.1. The van der Waals surface area contributed by atoms with Crippen LogP contribution in [-0.2, 0) is 4.79 Å². The SMILES string of the molecule is C[C@H](NC=O)C1=CCCC(C#N)=N1. The van der Waals surface area contributed by atoms with Crippen molar-refractivity contribution in [1.29, 1.82) is 5.26 Å². The van der Waals surface area contributed by atoms with Crippen LogP contribution in [0.3, 0.4) is 0 Å². The average Bonchev–Trinajstić information content (AvgIpc) is 2.18. The molecule has 1 aliphatic heterocycles. The molecule has 0 saturated carbocycles. The molecule has 0 aromatic heterocycles. The highest BCUT2D eigenvalue weighted by molar-refractivity contribution is 5.99. The number of carbonyl (C=O) groups is 1. The molecule has 0 radical (unpaired) electrons. The summed E-state index contributed by atoms with van der Waals surface area (Å²) in [5.74, 6) is 0. The van der Waals surface area contributed by atoms with E-state index in [1.807, 2.05) is 19.1 Å². The highest BCUT2D eigenvalue weighted by Crippen LogP contribution is 2.13. The number of allylic oxidation sites excluding steroid dienone is 1. The van der Waals surface area contributed by atoms with Crippen molar-refractivity contribution < 1.29 is 4.79 Å². The van der Waals surface area contributed by atoms with Gasteiger partial charge in [0.15, 0.2) is 0 Å². The third-order valence-corrected chi connectivity index (χ3v) is 1.89. The molecule has 4 heteroatoms. The Kier molecular flexibility index (Phi) is 3.21. The van der Waals surface area contributed by atoms with Crippen LogP contribution in [0.1, 0.15) is 19.8 Å². The maximum atomic E-state index is 10.2. The van der Waals surface area contributed by atoms with Crippen molar-refractivity contribution in [2.24, 2.45) is 4.99 Å². The van der Waals surface area contributed by atoms with Gasteiger partial charge in [-0.2, -0.15) is 5.26 Å². The van der Waals surface area contributed by atoms with E-state index in [0.29, 0.717) is 18.5 Å². The summed E-state index contributed by atoms with van der Waals surface area (Å²) in [7, 11) is 0. The molecule has 0 aromatic carbocycles. The Morgan fingerprint density at radius 2 is 2.62 bits per heavy atom. The van der Waals surface area contributed by atoms with Crippen LogP contribution >= 0.6 is 0 Å². The van der Waals surface area contributed by atoms with Crippen molar-refractivity contribution in [2.45, 2.75) is 25.8 Å². The molecule has 1 heterocycles. The zero-order chi connectivity index (χ0) is 9.68. The number of carbonyl (C=O) groups excluding carboxylic acids is 1. The zero-order valence-electron chi connectivity index (χ0n) is 7.45. The van der Waals surface area contributed by atoms with Crippen molar-refractivity contribution in [1.82, 2.24) is 5.32 Å². The van der Waals surface area contributed by atoms with Gasteiger partial charge in [-0.1, -0.05) is 6.08 Å². The number of nitrogens with one attached hydrogen (secondary N) is 1. The van der Waals surface area contributed by atoms with Crippen LogP contribution < -0.4 is 5.32 Å². The van der Waals surface area contributed by atoms with Gasteiger partial charge in [0.1, 0.15) is 11.8 Å². The van der Waals surface area contributed by atoms with E-state index in [0.717, 1.165) is 12.1 Å². The number of nitriles is 1. The van der Waals surface area contributed by atoms with Crippen molar-refractivity contribution in [3.8, 4) is 6.07 Å². The van der Waals surface area contributed by atoms with Gasteiger partial charge in [-0.15, -0.1) is 0 Å². The van der Waals surface area contributed by atoms with E-state index < -0.39 is 0 Å². The van der Waals surface area contributed by atoms with Gasteiger partial charge in [0.05, 0.1) is 11.7 Å². The van der Waals surface area contributed by atoms with Crippen LogP contribution in [0.4, 0.5) is 0 Å². The Morgan fingerprint density at radius 1 is 1.85 bits per heavy atom. The number of hydrogen-bond acceptors (Lipinski definition) is 3. The Balaban J connectivity index is 2.71. The van der Waals surface area contributed by atoms with Crippen molar-refractivity contribution in [3.63, 3.8) is 0 Å². The smallest absolute Gasteiger partial charge is 0.207 e. The summed E-state index contributed by atoms with van der Waals surface area (Å²) < 4.78 is 0. The van der Waals surface area contributed by atoms with Crippen molar-refractivity contribution >= 4 is 12.1 Å². The average molecular weight is 177 g/mol. The molecule has 1 amide bonds. The predicted octanol–water partition coefficient (Wildman–Crippen LogP) is 0.763. The normalized spacial score (nSPS) is 17.8. The van der Waals surface area contributed by atoms with Gasteiger partial charge in [0, 0.05) is 6.42 Å². The molecule has 4 nitrogen and oxygen atoms in total. The van der Waals surface area contributed by atoms with Gasteiger partial charge in [-0.3, -0.25) is 4.79 Å². The van der Waals surface area contributed by atoms with E-state index in [9.17, 15) is 4.79 Å². The standard InChI is InChI=1S/C9H11N3O/c1-7(11-6-13)9-4-2-3-8(5-10)12-9/h4,6-7H,2-3H2,1H3,(H,11,13)/t7-/m0/s1. The molecule has 13 heavy (non-hydrogen) atoms. The molecule has 0 bridgehead atoms. The fourth-order valence-electron chi connectivity index (χ4n) is 1.16. The first-order valence-corrected chi connectivity index (χ1v) is 4.15. The largest absolute Gasteiger partial charge is 0.351 e. The first-order valence-electron chi connectivity index (χ1n) is 4.15. The second-order valence-electron chi connectivity index (χ2n) is 2.84. The summed E-state index contributed by atoms with van der Waals surface area (Å²) in [5, 5.41) is 11.2. The third kappa shape index (κ3) is 2.41. The molecule has 0 aliphatic carbocycles. The predicted molar refractivity (Wildman–Crippen MR) is 49.0 cm³/mol. The molecule has 0 aromatic rings. The summed E-state index contributed by atoms with van der Waals surface area (Å²) in [6, 6.07) is 1.91. The minimum Gasteiger partial charge on any atom is -0.351 e. The minimum atomic E-state index is -0.110. The van der Waals surface area contributed by atoms with Crippen molar-refractivity contribution in [2.75, 3.05) is 0 Å². The van der Waals surface area contributed by atoms with E-state index in [2.05, 4.69) is 10.3 Å². The lowest BCUT2D eigenvalue weighted by Crippen LogP contribution is -2.27. The van der Waals surface area contributed by atoms with Gasteiger partial charge in [-0.05, 0) is 13.3 Å². The fraction of sp³-hybridized carbons (Fsp3) is 0.444. The van der Waals surface area contributed by atoms with Gasteiger partial charge >= 0.3 is 0 Å². The maximum Gasteiger partial charge on any atom is 0.207 e. The van der Waals surface area contributed by atoms with Crippen LogP contribution in [0.2, 0.25) is 0 Å². The Hall–Kier alpha value is -1.63. The second-order valence-corrected chi connectivity index (χ2v) is 2.84. The number of nitrogens with zero attached hydrogens (tertiary/aromatic N) is 2. The van der Waals surface area contributed by atoms with Gasteiger partial charge < -0.3 is 5.32 Å². The monoisotopic (exact) mass is 177 g/mol. The van der Waals surface area contributed by atoms with E-state index in [1.165, 1.54) is 0 Å². The third-order valence-electron chi connectivity index (χ3n) is 1.89. The molecule has 1 rings (SSSR count). The summed E-state index contributed by atoms with van der Waals surface area (Å²) in [5.41, 5.74) is 1.31. The molecule has 68 valence electrons. The molecule has 1 N–H and O–H groups in total. The topological polar surface area (TPSA) is 65.2 Å². The highest BCUT2D eigenvalue weighted by Gasteiger charge is 2.11. The van der Waals surface area contributed by atoms with E-state index >= 15 is 0 Å². The first-order chi connectivity index (χ1) is 6.27. The molecule has 0 saturated heterocycles. The number of aliphatic imine (C=N–C) groups is 1. The molecular formula is C9H11N3O. The number of rotatable bonds is 3.